The van der Waals surface area contributed by atoms with Gasteiger partial charge in [-0.1, -0.05) is 18.7 Å². The Morgan fingerprint density at radius 2 is 2.31 bits per heavy atom. The highest BCUT2D eigenvalue weighted by molar-refractivity contribution is 5.72. The van der Waals surface area contributed by atoms with Gasteiger partial charge in [0.05, 0.1) is 0 Å². The molecule has 1 heterocycles. The zero-order valence-electron chi connectivity index (χ0n) is 8.04. The molecule has 0 aliphatic rings. The number of rotatable bonds is 3. The lowest BCUT2D eigenvalue weighted by molar-refractivity contribution is 1.10. The number of pyridine rings is 1. The Hall–Kier alpha value is -1.57. The van der Waals surface area contributed by atoms with E-state index in [0.717, 1.165) is 16.8 Å². The lowest BCUT2D eigenvalue weighted by Gasteiger charge is -2.01. The number of aromatic nitrogens is 1. The van der Waals surface area contributed by atoms with Crippen LogP contribution in [0.2, 0.25) is 0 Å². The van der Waals surface area contributed by atoms with E-state index in [-0.39, 0.29) is 0 Å². The predicted octanol–water partition coefficient (Wildman–Crippen LogP) is 2.14. The van der Waals surface area contributed by atoms with Crippen LogP contribution in [-0.4, -0.2) is 12.0 Å². The molecule has 0 saturated carbocycles. The summed E-state index contributed by atoms with van der Waals surface area (Å²) in [5.74, 6) is 0. The van der Waals surface area contributed by atoms with Crippen LogP contribution in [-0.2, 0) is 0 Å². The van der Waals surface area contributed by atoms with Crippen LogP contribution in [0.4, 0.5) is 0 Å². The number of nitrogens with one attached hydrogen (secondary N) is 1. The van der Waals surface area contributed by atoms with Crippen molar-refractivity contribution in [3.05, 3.63) is 48.4 Å². The summed E-state index contributed by atoms with van der Waals surface area (Å²) in [6.07, 6.45) is 5.56. The second-order valence-corrected chi connectivity index (χ2v) is 2.78. The van der Waals surface area contributed by atoms with E-state index in [4.69, 9.17) is 0 Å². The van der Waals surface area contributed by atoms with Crippen LogP contribution in [0.1, 0.15) is 11.3 Å². The van der Waals surface area contributed by atoms with E-state index < -0.39 is 0 Å². The Kier molecular flexibility index (Phi) is 3.26. The molecule has 0 aromatic carbocycles. The van der Waals surface area contributed by atoms with Gasteiger partial charge in [-0.05, 0) is 18.6 Å². The molecular formula is C11H14N2. The molecule has 0 unspecified atom stereocenters. The molecule has 0 atom stereocenters. The standard InChI is InChI=1S/C11H14N2/c1-4-10(7-12-3)11-6-5-9(2)13-8-11/h4-8,12H,1H2,2-3H3/b10-7+. The van der Waals surface area contributed by atoms with Crippen molar-refractivity contribution >= 4 is 5.57 Å². The first kappa shape index (κ1) is 9.52. The van der Waals surface area contributed by atoms with Gasteiger partial charge in [-0.2, -0.15) is 0 Å². The topological polar surface area (TPSA) is 24.9 Å². The summed E-state index contributed by atoms with van der Waals surface area (Å²) in [7, 11) is 1.87. The number of allylic oxidation sites excluding steroid dienone is 2. The van der Waals surface area contributed by atoms with E-state index >= 15 is 0 Å². The van der Waals surface area contributed by atoms with Gasteiger partial charge in [0, 0.05) is 30.7 Å². The van der Waals surface area contributed by atoms with Gasteiger partial charge in [0.15, 0.2) is 0 Å². The first-order valence-electron chi connectivity index (χ1n) is 4.21. The molecule has 68 valence electrons. The molecule has 1 rings (SSSR count). The SMILES string of the molecule is C=C/C(=C\NC)c1ccc(C)nc1. The number of nitrogens with zero attached hydrogens (tertiary/aromatic N) is 1. The quantitative estimate of drug-likeness (QED) is 0.710. The van der Waals surface area contributed by atoms with Crippen LogP contribution in [0.25, 0.3) is 5.57 Å². The maximum Gasteiger partial charge on any atom is 0.0373 e. The highest BCUT2D eigenvalue weighted by Gasteiger charge is 1.96. The van der Waals surface area contributed by atoms with Crippen LogP contribution in [0, 0.1) is 6.92 Å². The van der Waals surface area contributed by atoms with Crippen LogP contribution < -0.4 is 5.32 Å². The van der Waals surface area contributed by atoms with Gasteiger partial charge in [0.2, 0.25) is 0 Å². The zero-order chi connectivity index (χ0) is 9.68. The van der Waals surface area contributed by atoms with Crippen molar-refractivity contribution in [2.75, 3.05) is 7.05 Å². The maximum absolute atomic E-state index is 4.21. The van der Waals surface area contributed by atoms with E-state index in [1.54, 1.807) is 0 Å². The zero-order valence-corrected chi connectivity index (χ0v) is 8.04. The average Bonchev–Trinajstić information content (AvgIpc) is 2.16. The minimum absolute atomic E-state index is 1.02. The van der Waals surface area contributed by atoms with Crippen LogP contribution >= 0.6 is 0 Å². The second kappa shape index (κ2) is 4.45. The third-order valence-corrected chi connectivity index (χ3v) is 1.76. The molecule has 2 nitrogen and oxygen atoms in total. The molecule has 0 aliphatic heterocycles. The van der Waals surface area contributed by atoms with Gasteiger partial charge in [-0.15, -0.1) is 0 Å². The van der Waals surface area contributed by atoms with Crippen molar-refractivity contribution in [2.24, 2.45) is 0 Å². The molecule has 13 heavy (non-hydrogen) atoms. The Labute approximate surface area is 79.0 Å². The van der Waals surface area contributed by atoms with E-state index in [1.165, 1.54) is 0 Å². The molecule has 0 saturated heterocycles. The number of hydrogen-bond acceptors (Lipinski definition) is 2. The van der Waals surface area contributed by atoms with E-state index in [0.29, 0.717) is 0 Å². The minimum Gasteiger partial charge on any atom is -0.393 e. The van der Waals surface area contributed by atoms with Crippen molar-refractivity contribution in [3.8, 4) is 0 Å². The lowest BCUT2D eigenvalue weighted by Crippen LogP contribution is -1.95. The van der Waals surface area contributed by atoms with E-state index in [2.05, 4.69) is 16.9 Å². The normalized spacial score (nSPS) is 11.1. The first-order valence-corrected chi connectivity index (χ1v) is 4.21. The molecule has 0 spiro atoms. The first-order chi connectivity index (χ1) is 6.27. The van der Waals surface area contributed by atoms with Gasteiger partial charge in [0.1, 0.15) is 0 Å². The molecule has 0 radical (unpaired) electrons. The third-order valence-electron chi connectivity index (χ3n) is 1.76. The summed E-state index contributed by atoms with van der Waals surface area (Å²) >= 11 is 0. The van der Waals surface area contributed by atoms with E-state index in [1.807, 2.05) is 44.6 Å². The fourth-order valence-electron chi connectivity index (χ4n) is 1.05. The largest absolute Gasteiger partial charge is 0.393 e. The van der Waals surface area contributed by atoms with Gasteiger partial charge in [-0.25, -0.2) is 0 Å². The van der Waals surface area contributed by atoms with Crippen molar-refractivity contribution in [2.45, 2.75) is 6.92 Å². The highest BCUT2D eigenvalue weighted by Crippen LogP contribution is 2.13. The van der Waals surface area contributed by atoms with Crippen LogP contribution in [0.3, 0.4) is 0 Å². The summed E-state index contributed by atoms with van der Waals surface area (Å²) in [6, 6.07) is 4.02. The monoisotopic (exact) mass is 174 g/mol. The molecule has 0 fully saturated rings. The van der Waals surface area contributed by atoms with Gasteiger partial charge in [0.25, 0.3) is 0 Å². The maximum atomic E-state index is 4.21. The Morgan fingerprint density at radius 3 is 2.77 bits per heavy atom. The summed E-state index contributed by atoms with van der Waals surface area (Å²) in [6.45, 7) is 5.71. The Bertz CT molecular complexity index is 309. The molecule has 0 bridgehead atoms. The molecule has 1 N–H and O–H groups in total. The highest BCUT2D eigenvalue weighted by atomic mass is 14.8. The van der Waals surface area contributed by atoms with Crippen molar-refractivity contribution < 1.29 is 0 Å². The number of hydrogen-bond donors (Lipinski definition) is 1. The van der Waals surface area contributed by atoms with Crippen molar-refractivity contribution in [3.63, 3.8) is 0 Å². The average molecular weight is 174 g/mol. The van der Waals surface area contributed by atoms with Crippen LogP contribution in [0.5, 0.6) is 0 Å². The second-order valence-electron chi connectivity index (χ2n) is 2.78. The summed E-state index contributed by atoms with van der Waals surface area (Å²) in [4.78, 5) is 4.21. The molecule has 0 amide bonds. The number of aryl methyl sites for hydroxylation is 1. The Morgan fingerprint density at radius 1 is 1.54 bits per heavy atom. The fourth-order valence-corrected chi connectivity index (χ4v) is 1.05. The summed E-state index contributed by atoms with van der Waals surface area (Å²) in [5, 5.41) is 2.97. The van der Waals surface area contributed by atoms with Crippen LogP contribution in [0.15, 0.2) is 37.2 Å². The van der Waals surface area contributed by atoms with Gasteiger partial charge >= 0.3 is 0 Å². The summed E-state index contributed by atoms with van der Waals surface area (Å²) < 4.78 is 0. The van der Waals surface area contributed by atoms with Crippen molar-refractivity contribution in [1.29, 1.82) is 0 Å². The van der Waals surface area contributed by atoms with Gasteiger partial charge < -0.3 is 5.32 Å². The third kappa shape index (κ3) is 2.44. The predicted molar refractivity (Wildman–Crippen MR) is 56.2 cm³/mol. The smallest absolute Gasteiger partial charge is 0.0373 e. The molecule has 0 aliphatic carbocycles. The fraction of sp³-hybridized carbons (Fsp3) is 0.182. The molecule has 1 aromatic rings. The Balaban J connectivity index is 2.99. The van der Waals surface area contributed by atoms with Gasteiger partial charge in [-0.3, -0.25) is 4.98 Å². The minimum atomic E-state index is 1.02. The lowest BCUT2D eigenvalue weighted by atomic mass is 10.1. The molecule has 1 aromatic heterocycles. The molecule has 2 heteroatoms. The summed E-state index contributed by atoms with van der Waals surface area (Å²) in [5.41, 5.74) is 3.15. The molecular weight excluding hydrogens is 160 g/mol. The van der Waals surface area contributed by atoms with E-state index in [9.17, 15) is 0 Å². The van der Waals surface area contributed by atoms with Crippen molar-refractivity contribution in [1.82, 2.24) is 10.3 Å².